The highest BCUT2D eigenvalue weighted by Crippen LogP contribution is 2.32. The molecular weight excluding hydrogens is 328 g/mol. The molecule has 0 fully saturated rings. The summed E-state index contributed by atoms with van der Waals surface area (Å²) in [6, 6.07) is 1.84. The standard InChI is InChI=1S/C10H8Br2OS/c1-2-3-4-5-8(13)7-6-9(11)14-10(7)12/h1,6H,3-5H2. The van der Waals surface area contributed by atoms with Crippen LogP contribution in [0.2, 0.25) is 0 Å². The number of rotatable bonds is 4. The van der Waals surface area contributed by atoms with Gasteiger partial charge in [-0.1, -0.05) is 0 Å². The van der Waals surface area contributed by atoms with Crippen molar-refractivity contribution in [1.82, 2.24) is 0 Å². The number of ketones is 1. The number of hydrogen-bond donors (Lipinski definition) is 0. The number of halogens is 2. The molecule has 74 valence electrons. The van der Waals surface area contributed by atoms with Crippen molar-refractivity contribution in [2.24, 2.45) is 0 Å². The Morgan fingerprint density at radius 1 is 1.57 bits per heavy atom. The summed E-state index contributed by atoms with van der Waals surface area (Å²) >= 11 is 8.20. The molecule has 0 spiro atoms. The van der Waals surface area contributed by atoms with E-state index in [4.69, 9.17) is 6.42 Å². The summed E-state index contributed by atoms with van der Waals surface area (Å²) in [5.41, 5.74) is 0.749. The van der Waals surface area contributed by atoms with Gasteiger partial charge in [-0.3, -0.25) is 4.79 Å². The molecule has 0 aliphatic rings. The highest BCUT2D eigenvalue weighted by molar-refractivity contribution is 9.12. The number of unbranched alkanes of at least 4 members (excludes halogenated alkanes) is 1. The predicted molar refractivity (Wildman–Crippen MR) is 66.7 cm³/mol. The van der Waals surface area contributed by atoms with Crippen molar-refractivity contribution in [1.29, 1.82) is 0 Å². The van der Waals surface area contributed by atoms with Gasteiger partial charge in [0, 0.05) is 18.4 Å². The fraction of sp³-hybridized carbons (Fsp3) is 0.300. The van der Waals surface area contributed by atoms with E-state index >= 15 is 0 Å². The van der Waals surface area contributed by atoms with Gasteiger partial charge in [-0.25, -0.2) is 0 Å². The molecular formula is C10H8Br2OS. The number of hydrogen-bond acceptors (Lipinski definition) is 2. The van der Waals surface area contributed by atoms with E-state index in [9.17, 15) is 4.79 Å². The molecule has 1 aromatic heterocycles. The predicted octanol–water partition coefficient (Wildman–Crippen LogP) is 4.26. The second kappa shape index (κ2) is 5.69. The Balaban J connectivity index is 2.61. The first-order valence-electron chi connectivity index (χ1n) is 4.06. The quantitative estimate of drug-likeness (QED) is 0.456. The summed E-state index contributed by atoms with van der Waals surface area (Å²) in [6.45, 7) is 0. The van der Waals surface area contributed by atoms with Crippen molar-refractivity contribution in [2.75, 3.05) is 0 Å². The van der Waals surface area contributed by atoms with E-state index in [-0.39, 0.29) is 5.78 Å². The molecule has 0 N–H and O–H groups in total. The smallest absolute Gasteiger partial charge is 0.164 e. The SMILES string of the molecule is C#CCCCC(=O)c1cc(Br)sc1Br. The molecule has 4 heteroatoms. The molecule has 1 heterocycles. The topological polar surface area (TPSA) is 17.1 Å². The van der Waals surface area contributed by atoms with Crippen LogP contribution in [0.4, 0.5) is 0 Å². The minimum Gasteiger partial charge on any atom is -0.294 e. The van der Waals surface area contributed by atoms with Crippen molar-refractivity contribution in [3.63, 3.8) is 0 Å². The zero-order valence-corrected chi connectivity index (χ0v) is 11.3. The lowest BCUT2D eigenvalue weighted by Gasteiger charge is -1.96. The van der Waals surface area contributed by atoms with E-state index in [0.29, 0.717) is 12.8 Å². The highest BCUT2D eigenvalue weighted by atomic mass is 79.9. The van der Waals surface area contributed by atoms with Gasteiger partial charge in [-0.2, -0.15) is 0 Å². The Labute approximate surface area is 104 Å². The van der Waals surface area contributed by atoms with Gasteiger partial charge < -0.3 is 0 Å². The summed E-state index contributed by atoms with van der Waals surface area (Å²) in [6.07, 6.45) is 7.05. The van der Waals surface area contributed by atoms with E-state index in [1.807, 2.05) is 6.07 Å². The highest BCUT2D eigenvalue weighted by Gasteiger charge is 2.12. The summed E-state index contributed by atoms with van der Waals surface area (Å²) < 4.78 is 1.85. The third kappa shape index (κ3) is 3.23. The minimum absolute atomic E-state index is 0.147. The lowest BCUT2D eigenvalue weighted by Crippen LogP contribution is -1.97. The van der Waals surface area contributed by atoms with Crippen LogP contribution in [-0.4, -0.2) is 5.78 Å². The zero-order chi connectivity index (χ0) is 10.6. The summed E-state index contributed by atoms with van der Waals surface area (Å²) in [5, 5.41) is 0. The molecule has 0 bridgehead atoms. The third-order valence-corrected chi connectivity index (χ3v) is 4.02. The van der Waals surface area contributed by atoms with Crippen LogP contribution in [0.25, 0.3) is 0 Å². The van der Waals surface area contributed by atoms with Crippen LogP contribution < -0.4 is 0 Å². The Morgan fingerprint density at radius 3 is 2.79 bits per heavy atom. The lowest BCUT2D eigenvalue weighted by molar-refractivity contribution is 0.0980. The van der Waals surface area contributed by atoms with E-state index in [1.54, 1.807) is 0 Å². The maximum Gasteiger partial charge on any atom is 0.164 e. The third-order valence-electron chi connectivity index (χ3n) is 1.68. The molecule has 0 amide bonds. The van der Waals surface area contributed by atoms with Crippen LogP contribution in [-0.2, 0) is 0 Å². The molecule has 0 aliphatic heterocycles. The van der Waals surface area contributed by atoms with Crippen molar-refractivity contribution >= 4 is 49.0 Å². The van der Waals surface area contributed by atoms with Gasteiger partial charge in [0.05, 0.1) is 7.57 Å². The number of Topliss-reactive ketones (excluding diaryl/α,β-unsaturated/α-hetero) is 1. The van der Waals surface area contributed by atoms with E-state index < -0.39 is 0 Å². The number of thiophene rings is 1. The molecule has 0 saturated carbocycles. The van der Waals surface area contributed by atoms with Gasteiger partial charge in [0.25, 0.3) is 0 Å². The fourth-order valence-corrected chi connectivity index (χ4v) is 3.87. The Hall–Kier alpha value is -0.110. The number of terminal acetylenes is 1. The van der Waals surface area contributed by atoms with Gasteiger partial charge >= 0.3 is 0 Å². The van der Waals surface area contributed by atoms with Crippen LogP contribution in [0.1, 0.15) is 29.6 Å². The molecule has 0 unspecified atom stereocenters. The minimum atomic E-state index is 0.147. The maximum atomic E-state index is 11.6. The fourth-order valence-electron chi connectivity index (χ4n) is 1.02. The average molecular weight is 336 g/mol. The molecule has 1 rings (SSSR count). The van der Waals surface area contributed by atoms with Crippen LogP contribution in [0, 0.1) is 12.3 Å². The number of carbonyl (C=O) groups is 1. The zero-order valence-electron chi connectivity index (χ0n) is 7.35. The molecule has 0 atom stereocenters. The van der Waals surface area contributed by atoms with E-state index in [2.05, 4.69) is 37.8 Å². The first-order chi connectivity index (χ1) is 6.65. The Bertz CT molecular complexity index is 376. The summed E-state index contributed by atoms with van der Waals surface area (Å²) in [5.74, 6) is 2.67. The largest absolute Gasteiger partial charge is 0.294 e. The van der Waals surface area contributed by atoms with Gasteiger partial charge in [-0.15, -0.1) is 23.7 Å². The van der Waals surface area contributed by atoms with Gasteiger partial charge in [0.15, 0.2) is 5.78 Å². The monoisotopic (exact) mass is 334 g/mol. The molecule has 14 heavy (non-hydrogen) atoms. The molecule has 0 aromatic carbocycles. The number of carbonyl (C=O) groups excluding carboxylic acids is 1. The Morgan fingerprint density at radius 2 is 2.29 bits per heavy atom. The van der Waals surface area contributed by atoms with Crippen LogP contribution in [0.3, 0.4) is 0 Å². The average Bonchev–Trinajstić information content (AvgIpc) is 2.45. The first kappa shape index (κ1) is 12.0. The van der Waals surface area contributed by atoms with Crippen molar-refractivity contribution < 1.29 is 4.79 Å². The molecule has 0 radical (unpaired) electrons. The first-order valence-corrected chi connectivity index (χ1v) is 6.47. The Kier molecular flexibility index (Phi) is 4.86. The van der Waals surface area contributed by atoms with Gasteiger partial charge in [0.2, 0.25) is 0 Å². The second-order valence-corrected chi connectivity index (χ2v) is 6.47. The maximum absolute atomic E-state index is 11.6. The second-order valence-electron chi connectivity index (χ2n) is 2.72. The molecule has 1 nitrogen and oxygen atoms in total. The molecule has 0 saturated heterocycles. The van der Waals surface area contributed by atoms with E-state index in [0.717, 1.165) is 19.6 Å². The van der Waals surface area contributed by atoms with Crippen LogP contribution in [0.5, 0.6) is 0 Å². The molecule has 0 aliphatic carbocycles. The summed E-state index contributed by atoms with van der Waals surface area (Å²) in [4.78, 5) is 11.6. The summed E-state index contributed by atoms with van der Waals surface area (Å²) in [7, 11) is 0. The van der Waals surface area contributed by atoms with Crippen molar-refractivity contribution in [2.45, 2.75) is 19.3 Å². The van der Waals surface area contributed by atoms with Crippen molar-refractivity contribution in [3.05, 3.63) is 19.2 Å². The molecule has 1 aromatic rings. The van der Waals surface area contributed by atoms with E-state index in [1.165, 1.54) is 11.3 Å². The van der Waals surface area contributed by atoms with Crippen molar-refractivity contribution in [3.8, 4) is 12.3 Å². The van der Waals surface area contributed by atoms with Crippen LogP contribution >= 0.6 is 43.2 Å². The van der Waals surface area contributed by atoms with Gasteiger partial charge in [-0.05, 0) is 44.3 Å². The normalized spacial score (nSPS) is 9.79. The van der Waals surface area contributed by atoms with Gasteiger partial charge in [0.1, 0.15) is 0 Å². The van der Waals surface area contributed by atoms with Crippen LogP contribution in [0.15, 0.2) is 13.6 Å². The lowest BCUT2D eigenvalue weighted by atomic mass is 10.1.